The lowest BCUT2D eigenvalue weighted by Gasteiger charge is -2.11. The van der Waals surface area contributed by atoms with Crippen molar-refractivity contribution in [3.8, 4) is 5.75 Å². The van der Waals surface area contributed by atoms with Gasteiger partial charge in [-0.3, -0.25) is 4.79 Å². The van der Waals surface area contributed by atoms with Gasteiger partial charge >= 0.3 is 6.61 Å². The van der Waals surface area contributed by atoms with Gasteiger partial charge in [-0.2, -0.15) is 8.78 Å². The van der Waals surface area contributed by atoms with Crippen molar-refractivity contribution in [1.82, 2.24) is 0 Å². The summed E-state index contributed by atoms with van der Waals surface area (Å²) in [5, 5.41) is 0. The van der Waals surface area contributed by atoms with Gasteiger partial charge in [0.15, 0.2) is 5.78 Å². The molecule has 0 aliphatic heterocycles. The third kappa shape index (κ3) is 3.15. The second kappa shape index (κ2) is 5.11. The van der Waals surface area contributed by atoms with Crippen LogP contribution in [0.5, 0.6) is 5.75 Å². The van der Waals surface area contributed by atoms with Crippen molar-refractivity contribution in [3.63, 3.8) is 0 Å². The first-order valence-corrected chi connectivity index (χ1v) is 4.40. The third-order valence-corrected chi connectivity index (χ3v) is 1.93. The minimum Gasteiger partial charge on any atom is -0.434 e. The van der Waals surface area contributed by atoms with Gasteiger partial charge in [0.05, 0.1) is 11.1 Å². The molecule has 0 aliphatic carbocycles. The molecule has 0 N–H and O–H groups in total. The summed E-state index contributed by atoms with van der Waals surface area (Å²) in [6, 6.07) is 0.866. The molecule has 2 nitrogen and oxygen atoms in total. The highest BCUT2D eigenvalue weighted by Gasteiger charge is 2.21. The number of benzene rings is 1. The number of hydrogen-bond acceptors (Lipinski definition) is 2. The van der Waals surface area contributed by atoms with E-state index in [0.717, 1.165) is 6.92 Å². The van der Waals surface area contributed by atoms with E-state index in [2.05, 4.69) is 4.74 Å². The minimum atomic E-state index is -3.35. The normalized spacial score (nSPS) is 11.1. The molecule has 0 atom stereocenters. The first kappa shape index (κ1) is 13.4. The number of ketones is 1. The van der Waals surface area contributed by atoms with E-state index in [1.807, 2.05) is 0 Å². The van der Waals surface area contributed by atoms with E-state index < -0.39 is 41.5 Å². The second-order valence-corrected chi connectivity index (χ2v) is 3.11. The Labute approximate surface area is 93.0 Å². The van der Waals surface area contributed by atoms with E-state index >= 15 is 0 Å². The molecule has 7 heteroatoms. The highest BCUT2D eigenvalue weighted by molar-refractivity contribution is 5.94. The Morgan fingerprint density at radius 1 is 1.24 bits per heavy atom. The standard InChI is InChI=1S/C10H7F5O2/c1-4(16)5-2-6(9(12)13)8(3-7(5)11)17-10(14)15/h2-3,9-10H,1H3. The minimum absolute atomic E-state index is 0.352. The lowest BCUT2D eigenvalue weighted by molar-refractivity contribution is -0.0521. The number of rotatable bonds is 4. The van der Waals surface area contributed by atoms with Gasteiger partial charge in [0.1, 0.15) is 11.6 Å². The number of Topliss-reactive ketones (excluding diaryl/α,β-unsaturated/α-hetero) is 1. The quantitative estimate of drug-likeness (QED) is 0.606. The summed E-state index contributed by atoms with van der Waals surface area (Å²) in [4.78, 5) is 10.9. The molecule has 1 rings (SSSR count). The molecule has 0 fully saturated rings. The Bertz CT molecular complexity index is 431. The van der Waals surface area contributed by atoms with Crippen molar-refractivity contribution < 1.29 is 31.5 Å². The molecule has 94 valence electrons. The fourth-order valence-corrected chi connectivity index (χ4v) is 1.21. The van der Waals surface area contributed by atoms with E-state index in [1.54, 1.807) is 0 Å². The Balaban J connectivity index is 3.30. The molecular weight excluding hydrogens is 247 g/mol. The van der Waals surface area contributed by atoms with Crippen molar-refractivity contribution in [2.75, 3.05) is 0 Å². The zero-order valence-corrected chi connectivity index (χ0v) is 8.52. The molecule has 1 aromatic carbocycles. The summed E-state index contributed by atoms with van der Waals surface area (Å²) in [6.45, 7) is -2.38. The van der Waals surface area contributed by atoms with Crippen LogP contribution in [-0.4, -0.2) is 12.4 Å². The van der Waals surface area contributed by atoms with Crippen LogP contribution in [-0.2, 0) is 0 Å². The predicted octanol–water partition coefficient (Wildman–Crippen LogP) is 3.57. The Kier molecular flexibility index (Phi) is 4.03. The van der Waals surface area contributed by atoms with Gasteiger partial charge in [-0.05, 0) is 13.0 Å². The Morgan fingerprint density at radius 3 is 2.24 bits per heavy atom. The predicted molar refractivity (Wildman–Crippen MR) is 48.0 cm³/mol. The molecule has 0 saturated carbocycles. The van der Waals surface area contributed by atoms with Crippen LogP contribution >= 0.6 is 0 Å². The average molecular weight is 254 g/mol. The smallest absolute Gasteiger partial charge is 0.387 e. The van der Waals surface area contributed by atoms with Crippen molar-refractivity contribution in [3.05, 3.63) is 29.1 Å². The molecule has 0 aliphatic rings. The summed E-state index contributed by atoms with van der Waals surface area (Å²) in [7, 11) is 0. The van der Waals surface area contributed by atoms with E-state index in [4.69, 9.17) is 0 Å². The molecule has 0 radical (unpaired) electrons. The lowest BCUT2D eigenvalue weighted by Crippen LogP contribution is -2.07. The van der Waals surface area contributed by atoms with Gasteiger partial charge in [0.25, 0.3) is 6.43 Å². The maximum absolute atomic E-state index is 13.2. The Morgan fingerprint density at radius 2 is 1.82 bits per heavy atom. The summed E-state index contributed by atoms with van der Waals surface area (Å²) >= 11 is 0. The number of carbonyl (C=O) groups excluding carboxylic acids is 1. The molecule has 0 unspecified atom stereocenters. The van der Waals surface area contributed by atoms with Gasteiger partial charge < -0.3 is 4.74 Å². The van der Waals surface area contributed by atoms with Crippen molar-refractivity contribution in [2.24, 2.45) is 0 Å². The van der Waals surface area contributed by atoms with Crippen molar-refractivity contribution in [1.29, 1.82) is 0 Å². The van der Waals surface area contributed by atoms with Crippen LogP contribution in [0.4, 0.5) is 22.0 Å². The Hall–Kier alpha value is -1.66. The molecule has 0 saturated heterocycles. The molecular formula is C10H7F5O2. The van der Waals surface area contributed by atoms with Gasteiger partial charge in [-0.25, -0.2) is 13.2 Å². The number of alkyl halides is 4. The zero-order valence-electron chi connectivity index (χ0n) is 8.52. The fraction of sp³-hybridized carbons (Fsp3) is 0.300. The maximum Gasteiger partial charge on any atom is 0.387 e. The monoisotopic (exact) mass is 254 g/mol. The zero-order chi connectivity index (χ0) is 13.2. The topological polar surface area (TPSA) is 26.3 Å². The summed E-state index contributed by atoms with van der Waals surface area (Å²) in [5.74, 6) is -2.94. The van der Waals surface area contributed by atoms with E-state index in [9.17, 15) is 26.7 Å². The number of halogens is 5. The molecule has 0 heterocycles. The maximum atomic E-state index is 13.2. The molecule has 0 spiro atoms. The van der Waals surface area contributed by atoms with Crippen LogP contribution in [0.2, 0.25) is 0 Å². The van der Waals surface area contributed by atoms with E-state index in [0.29, 0.717) is 12.1 Å². The molecule has 17 heavy (non-hydrogen) atoms. The highest BCUT2D eigenvalue weighted by Crippen LogP contribution is 2.32. The van der Waals surface area contributed by atoms with Gasteiger partial charge in [0.2, 0.25) is 0 Å². The second-order valence-electron chi connectivity index (χ2n) is 3.11. The average Bonchev–Trinajstić information content (AvgIpc) is 2.15. The van der Waals surface area contributed by atoms with Crippen LogP contribution in [0, 0.1) is 5.82 Å². The van der Waals surface area contributed by atoms with Crippen LogP contribution in [0.3, 0.4) is 0 Å². The fourth-order valence-electron chi connectivity index (χ4n) is 1.21. The van der Waals surface area contributed by atoms with Gasteiger partial charge in [-0.15, -0.1) is 0 Å². The van der Waals surface area contributed by atoms with Gasteiger partial charge in [0, 0.05) is 6.07 Å². The highest BCUT2D eigenvalue weighted by atomic mass is 19.3. The van der Waals surface area contributed by atoms with E-state index in [-0.39, 0.29) is 0 Å². The number of carbonyl (C=O) groups is 1. The molecule has 1 aromatic rings. The van der Waals surface area contributed by atoms with Gasteiger partial charge in [-0.1, -0.05) is 0 Å². The van der Waals surface area contributed by atoms with Crippen LogP contribution in [0.1, 0.15) is 29.3 Å². The summed E-state index contributed by atoms with van der Waals surface area (Å²) in [5.41, 5.74) is -1.54. The van der Waals surface area contributed by atoms with E-state index in [1.165, 1.54) is 0 Å². The SMILES string of the molecule is CC(=O)c1cc(C(F)F)c(OC(F)F)cc1F. The van der Waals surface area contributed by atoms with Crippen LogP contribution < -0.4 is 4.74 Å². The lowest BCUT2D eigenvalue weighted by atomic mass is 10.1. The van der Waals surface area contributed by atoms with Crippen LogP contribution in [0.25, 0.3) is 0 Å². The number of hydrogen-bond donors (Lipinski definition) is 0. The first-order chi connectivity index (χ1) is 7.82. The van der Waals surface area contributed by atoms with Crippen molar-refractivity contribution >= 4 is 5.78 Å². The molecule has 0 aromatic heterocycles. The van der Waals surface area contributed by atoms with Crippen LogP contribution in [0.15, 0.2) is 12.1 Å². The number of ether oxygens (including phenoxy) is 1. The molecule has 0 bridgehead atoms. The van der Waals surface area contributed by atoms with Crippen molar-refractivity contribution in [2.45, 2.75) is 20.0 Å². The third-order valence-electron chi connectivity index (χ3n) is 1.93. The molecule has 0 amide bonds. The largest absolute Gasteiger partial charge is 0.434 e. The summed E-state index contributed by atoms with van der Waals surface area (Å²) in [6.07, 6.45) is -3.15. The summed E-state index contributed by atoms with van der Waals surface area (Å²) < 4.78 is 65.7. The first-order valence-electron chi connectivity index (χ1n) is 4.40.